The second-order valence-electron chi connectivity index (χ2n) is 8.26. The average Bonchev–Trinajstić information content (AvgIpc) is 2.94. The van der Waals surface area contributed by atoms with Crippen molar-refractivity contribution in [3.05, 3.63) is 130 Å². The maximum atomic E-state index is 13.2. The largest absolute Gasteiger partial charge is 0.325 e. The van der Waals surface area contributed by atoms with E-state index < -0.39 is 11.8 Å². The van der Waals surface area contributed by atoms with Gasteiger partial charge in [0.15, 0.2) is 0 Å². The van der Waals surface area contributed by atoms with Gasteiger partial charge in [0.2, 0.25) is 5.91 Å². The quantitative estimate of drug-likeness (QED) is 0.146. The number of carbonyl (C=O) groups excluding carboxylic acids is 3. The van der Waals surface area contributed by atoms with Crippen LogP contribution in [0, 0.1) is 5.82 Å². The Labute approximate surface area is 237 Å². The van der Waals surface area contributed by atoms with Gasteiger partial charge in [0, 0.05) is 26.3 Å². The number of hydrogen-bond acceptors (Lipinski definition) is 4. The van der Waals surface area contributed by atoms with E-state index >= 15 is 0 Å². The molecule has 0 saturated carbocycles. The first-order valence-corrected chi connectivity index (χ1v) is 13.6. The summed E-state index contributed by atoms with van der Waals surface area (Å²) >= 11 is 4.74. The van der Waals surface area contributed by atoms with E-state index in [9.17, 15) is 18.8 Å². The second-order valence-corrected chi connectivity index (χ2v) is 10.2. The molecule has 9 heteroatoms. The second kappa shape index (κ2) is 13.5. The maximum Gasteiger partial charge on any atom is 0.272 e. The van der Waals surface area contributed by atoms with Gasteiger partial charge in [-0.15, -0.1) is 11.8 Å². The molecule has 0 spiro atoms. The first-order chi connectivity index (χ1) is 18.9. The summed E-state index contributed by atoms with van der Waals surface area (Å²) in [7, 11) is 0. The lowest BCUT2D eigenvalue weighted by Crippen LogP contribution is -2.30. The third-order valence-corrected chi connectivity index (χ3v) is 6.80. The summed E-state index contributed by atoms with van der Waals surface area (Å²) in [5, 5.41) is 8.24. The maximum absolute atomic E-state index is 13.2. The molecule has 4 aromatic rings. The molecule has 0 aliphatic carbocycles. The van der Waals surface area contributed by atoms with E-state index in [1.54, 1.807) is 54.6 Å². The predicted octanol–water partition coefficient (Wildman–Crippen LogP) is 6.73. The van der Waals surface area contributed by atoms with Crippen LogP contribution in [0.5, 0.6) is 0 Å². The normalized spacial score (nSPS) is 11.0. The third-order valence-electron chi connectivity index (χ3n) is 5.30. The van der Waals surface area contributed by atoms with Crippen molar-refractivity contribution < 1.29 is 18.8 Å². The van der Waals surface area contributed by atoms with Crippen molar-refractivity contribution in [2.75, 3.05) is 16.4 Å². The van der Waals surface area contributed by atoms with Gasteiger partial charge in [0.25, 0.3) is 11.8 Å². The average molecular weight is 605 g/mol. The highest BCUT2D eigenvalue weighted by Gasteiger charge is 2.15. The van der Waals surface area contributed by atoms with Crippen molar-refractivity contribution in [1.29, 1.82) is 0 Å². The van der Waals surface area contributed by atoms with E-state index in [4.69, 9.17) is 0 Å². The zero-order chi connectivity index (χ0) is 27.6. The Morgan fingerprint density at radius 2 is 1.46 bits per heavy atom. The van der Waals surface area contributed by atoms with Crippen LogP contribution in [0.3, 0.4) is 0 Å². The molecule has 4 aromatic carbocycles. The van der Waals surface area contributed by atoms with Crippen LogP contribution in [0.15, 0.2) is 118 Å². The lowest BCUT2D eigenvalue weighted by molar-refractivity contribution is -0.114. The van der Waals surface area contributed by atoms with Crippen LogP contribution in [-0.4, -0.2) is 23.5 Å². The minimum absolute atomic E-state index is 0.0814. The minimum atomic E-state index is -0.488. The summed E-state index contributed by atoms with van der Waals surface area (Å²) < 4.78 is 13.9. The van der Waals surface area contributed by atoms with Crippen LogP contribution in [0.4, 0.5) is 15.8 Å². The van der Waals surface area contributed by atoms with E-state index in [0.717, 1.165) is 14.9 Å². The van der Waals surface area contributed by atoms with Crippen molar-refractivity contribution in [3.8, 4) is 0 Å². The molecule has 0 aliphatic rings. The molecule has 0 saturated heterocycles. The van der Waals surface area contributed by atoms with Crippen LogP contribution in [-0.2, 0) is 9.59 Å². The highest BCUT2D eigenvalue weighted by molar-refractivity contribution is 9.10. The molecule has 0 unspecified atom stereocenters. The van der Waals surface area contributed by atoms with E-state index in [-0.39, 0.29) is 23.2 Å². The Kier molecular flexibility index (Phi) is 9.66. The molecule has 0 fully saturated rings. The fourth-order valence-corrected chi connectivity index (χ4v) is 4.53. The Bertz CT molecular complexity index is 1490. The molecule has 0 radical (unpaired) electrons. The van der Waals surface area contributed by atoms with Crippen molar-refractivity contribution in [3.63, 3.8) is 0 Å². The number of rotatable bonds is 9. The lowest BCUT2D eigenvalue weighted by atomic mass is 10.1. The predicted molar refractivity (Wildman–Crippen MR) is 157 cm³/mol. The smallest absolute Gasteiger partial charge is 0.272 e. The fourth-order valence-electron chi connectivity index (χ4n) is 3.42. The highest BCUT2D eigenvalue weighted by atomic mass is 79.9. The Morgan fingerprint density at radius 1 is 0.795 bits per heavy atom. The van der Waals surface area contributed by atoms with Gasteiger partial charge in [-0.2, -0.15) is 0 Å². The number of anilines is 2. The molecule has 6 nitrogen and oxygen atoms in total. The summed E-state index contributed by atoms with van der Waals surface area (Å²) in [5.74, 6) is -1.32. The first-order valence-electron chi connectivity index (χ1n) is 11.8. The molecule has 0 atom stereocenters. The van der Waals surface area contributed by atoms with Crippen molar-refractivity contribution in [2.45, 2.75) is 4.90 Å². The molecule has 0 aliphatic heterocycles. The standard InChI is InChI=1S/C30H23BrFN3O3S/c31-22-8-4-5-20(17-22)18-27(35-29(37)21-6-2-1-3-7-21)30(38)34-25-13-15-26(16-14-25)39-19-28(36)33-24-11-9-23(32)10-12-24/h1-18H,19H2,(H,33,36)(H,34,38)(H,35,37)/b27-18-. The van der Waals surface area contributed by atoms with Gasteiger partial charge in [0.1, 0.15) is 11.5 Å². The topological polar surface area (TPSA) is 87.3 Å². The van der Waals surface area contributed by atoms with Gasteiger partial charge in [-0.1, -0.05) is 46.3 Å². The first kappa shape index (κ1) is 27.8. The summed E-state index contributed by atoms with van der Waals surface area (Å²) in [6, 6.07) is 28.6. The van der Waals surface area contributed by atoms with Crippen LogP contribution < -0.4 is 16.0 Å². The molecular weight excluding hydrogens is 581 g/mol. The van der Waals surface area contributed by atoms with Crippen LogP contribution in [0.2, 0.25) is 0 Å². The number of hydrogen-bond donors (Lipinski definition) is 3. The van der Waals surface area contributed by atoms with E-state index in [1.807, 2.05) is 30.3 Å². The monoisotopic (exact) mass is 603 g/mol. The van der Waals surface area contributed by atoms with Crippen LogP contribution in [0.1, 0.15) is 15.9 Å². The summed E-state index contributed by atoms with van der Waals surface area (Å²) in [5.41, 5.74) is 2.28. The summed E-state index contributed by atoms with van der Waals surface area (Å²) in [6.45, 7) is 0. The van der Waals surface area contributed by atoms with Gasteiger partial charge >= 0.3 is 0 Å². The summed E-state index contributed by atoms with van der Waals surface area (Å²) in [4.78, 5) is 39.0. The van der Waals surface area contributed by atoms with Crippen LogP contribution in [0.25, 0.3) is 6.08 Å². The zero-order valence-corrected chi connectivity index (χ0v) is 22.9. The fraction of sp³-hybridized carbons (Fsp3) is 0.0333. The number of benzene rings is 4. The Balaban J connectivity index is 1.40. The van der Waals surface area contributed by atoms with Gasteiger partial charge < -0.3 is 16.0 Å². The van der Waals surface area contributed by atoms with E-state index in [2.05, 4.69) is 31.9 Å². The minimum Gasteiger partial charge on any atom is -0.325 e. The van der Waals surface area contributed by atoms with E-state index in [1.165, 1.54) is 36.0 Å². The van der Waals surface area contributed by atoms with Crippen molar-refractivity contribution in [2.24, 2.45) is 0 Å². The highest BCUT2D eigenvalue weighted by Crippen LogP contribution is 2.22. The zero-order valence-electron chi connectivity index (χ0n) is 20.5. The van der Waals surface area contributed by atoms with Crippen LogP contribution >= 0.6 is 27.7 Å². The number of carbonyl (C=O) groups is 3. The lowest BCUT2D eigenvalue weighted by Gasteiger charge is -2.12. The molecule has 39 heavy (non-hydrogen) atoms. The van der Waals surface area contributed by atoms with Gasteiger partial charge in [0.05, 0.1) is 5.75 Å². The molecular formula is C30H23BrFN3O3S. The van der Waals surface area contributed by atoms with Gasteiger partial charge in [-0.25, -0.2) is 4.39 Å². The van der Waals surface area contributed by atoms with Crippen molar-refractivity contribution in [1.82, 2.24) is 5.32 Å². The van der Waals surface area contributed by atoms with E-state index in [0.29, 0.717) is 16.9 Å². The number of amides is 3. The molecule has 3 amide bonds. The number of nitrogens with one attached hydrogen (secondary N) is 3. The Hall–Kier alpha value is -4.21. The molecule has 0 bridgehead atoms. The van der Waals surface area contributed by atoms with Gasteiger partial charge in [-0.3, -0.25) is 14.4 Å². The molecule has 3 N–H and O–H groups in total. The van der Waals surface area contributed by atoms with Crippen molar-refractivity contribution >= 4 is 62.9 Å². The molecule has 196 valence electrons. The van der Waals surface area contributed by atoms with Gasteiger partial charge in [-0.05, 0) is 84.4 Å². The molecule has 4 rings (SSSR count). The molecule has 0 heterocycles. The SMILES string of the molecule is O=C(CSc1ccc(NC(=O)/C(=C/c2cccc(Br)c2)NC(=O)c2ccccc2)cc1)Nc1ccc(F)cc1. The number of thioether (sulfide) groups is 1. The molecule has 0 aromatic heterocycles. The number of halogens is 2. The summed E-state index contributed by atoms with van der Waals surface area (Å²) in [6.07, 6.45) is 1.60. The third kappa shape index (κ3) is 8.66. The Morgan fingerprint density at radius 3 is 2.15 bits per heavy atom.